The van der Waals surface area contributed by atoms with Crippen molar-refractivity contribution < 1.29 is 23.6 Å². The van der Waals surface area contributed by atoms with Crippen LogP contribution >= 0.6 is 0 Å². The Morgan fingerprint density at radius 1 is 1.05 bits per heavy atom. The second-order valence-corrected chi connectivity index (χ2v) is 4.92. The van der Waals surface area contributed by atoms with E-state index < -0.39 is 0 Å². The summed E-state index contributed by atoms with van der Waals surface area (Å²) < 4.78 is 4.91. The lowest BCUT2D eigenvalue weighted by molar-refractivity contribution is -0.127. The van der Waals surface area contributed by atoms with Crippen LogP contribution in [0, 0.1) is 0 Å². The van der Waals surface area contributed by atoms with Gasteiger partial charge in [-0.2, -0.15) is 0 Å². The quantitative estimate of drug-likeness (QED) is 0.490. The molecule has 0 fully saturated rings. The summed E-state index contributed by atoms with van der Waals surface area (Å²) >= 11 is 0. The zero-order valence-corrected chi connectivity index (χ0v) is 13.3. The number of rotatable bonds is 10. The predicted molar refractivity (Wildman–Crippen MR) is 82.5 cm³/mol. The van der Waals surface area contributed by atoms with Crippen molar-refractivity contribution in [3.8, 4) is 0 Å². The largest absolute Gasteiger partial charge is 0.469 e. The highest BCUT2D eigenvalue weighted by Crippen LogP contribution is 2.02. The van der Waals surface area contributed by atoms with E-state index in [0.29, 0.717) is 24.9 Å². The maximum Gasteiger partial charge on any atom is 0.147 e. The molecule has 0 atom stereocenters. The van der Waals surface area contributed by atoms with E-state index in [4.69, 9.17) is 4.42 Å². The van der Waals surface area contributed by atoms with Crippen LogP contribution in [0.3, 0.4) is 0 Å². The first-order valence-electron chi connectivity index (χ1n) is 7.54. The van der Waals surface area contributed by atoms with Crippen molar-refractivity contribution in [2.75, 3.05) is 0 Å². The van der Waals surface area contributed by atoms with Gasteiger partial charge in [-0.25, -0.2) is 0 Å². The van der Waals surface area contributed by atoms with E-state index in [9.17, 15) is 19.2 Å². The summed E-state index contributed by atoms with van der Waals surface area (Å²) in [6.45, 7) is 3.89. The number of carbonyl (C=O) groups excluding carboxylic acids is 4. The van der Waals surface area contributed by atoms with Crippen LogP contribution in [0.4, 0.5) is 0 Å². The first-order chi connectivity index (χ1) is 10.5. The van der Waals surface area contributed by atoms with Gasteiger partial charge < -0.3 is 9.21 Å². The van der Waals surface area contributed by atoms with Crippen molar-refractivity contribution in [2.45, 2.75) is 58.8 Å². The van der Waals surface area contributed by atoms with Crippen molar-refractivity contribution in [3.05, 3.63) is 24.2 Å². The van der Waals surface area contributed by atoms with Crippen LogP contribution in [0.25, 0.3) is 0 Å². The van der Waals surface area contributed by atoms with E-state index >= 15 is 0 Å². The van der Waals surface area contributed by atoms with Gasteiger partial charge in [0.05, 0.1) is 25.5 Å². The van der Waals surface area contributed by atoms with E-state index in [1.165, 1.54) is 6.26 Å². The summed E-state index contributed by atoms with van der Waals surface area (Å²) in [6.07, 6.45) is 5.24. The Hall–Kier alpha value is -2.04. The van der Waals surface area contributed by atoms with Crippen LogP contribution in [0.2, 0.25) is 0 Å². The van der Waals surface area contributed by atoms with Gasteiger partial charge in [0.25, 0.3) is 0 Å². The number of hydrogen-bond acceptors (Lipinski definition) is 5. The van der Waals surface area contributed by atoms with Crippen LogP contribution in [-0.2, 0) is 25.6 Å². The minimum Gasteiger partial charge on any atom is -0.469 e. The third kappa shape index (κ3) is 10.7. The summed E-state index contributed by atoms with van der Waals surface area (Å²) in [6, 6.07) is 3.42. The fourth-order valence-electron chi connectivity index (χ4n) is 1.73. The average Bonchev–Trinajstić information content (AvgIpc) is 2.93. The molecular weight excluding hydrogens is 284 g/mol. The lowest BCUT2D eigenvalue weighted by Crippen LogP contribution is -2.06. The topological polar surface area (TPSA) is 81.4 Å². The van der Waals surface area contributed by atoms with E-state index in [0.717, 1.165) is 12.8 Å². The minimum absolute atomic E-state index is 0.0271. The number of ketones is 3. The van der Waals surface area contributed by atoms with Gasteiger partial charge in [0, 0.05) is 12.8 Å². The van der Waals surface area contributed by atoms with Gasteiger partial charge in [0.15, 0.2) is 0 Å². The molecule has 1 aromatic heterocycles. The SMILES string of the molecule is CCCC(=O)CC(=O)CCC.O=CCC(=O)Cc1ccco1. The highest BCUT2D eigenvalue weighted by Gasteiger charge is 2.06. The maximum atomic E-state index is 10.9. The molecule has 5 nitrogen and oxygen atoms in total. The second kappa shape index (κ2) is 12.7. The molecule has 0 aliphatic heterocycles. The van der Waals surface area contributed by atoms with Gasteiger partial charge in [-0.1, -0.05) is 13.8 Å². The maximum absolute atomic E-state index is 10.9. The number of carbonyl (C=O) groups is 4. The highest BCUT2D eigenvalue weighted by atomic mass is 16.3. The third-order valence-corrected chi connectivity index (χ3v) is 2.71. The van der Waals surface area contributed by atoms with Crippen LogP contribution in [0.1, 0.15) is 58.1 Å². The molecule has 0 aliphatic carbocycles. The molecule has 122 valence electrons. The van der Waals surface area contributed by atoms with Crippen molar-refractivity contribution in [1.29, 1.82) is 0 Å². The number of hydrogen-bond donors (Lipinski definition) is 0. The molecule has 22 heavy (non-hydrogen) atoms. The molecule has 0 N–H and O–H groups in total. The van der Waals surface area contributed by atoms with E-state index in [-0.39, 0.29) is 36.6 Å². The van der Waals surface area contributed by atoms with E-state index in [1.807, 2.05) is 13.8 Å². The highest BCUT2D eigenvalue weighted by molar-refractivity contribution is 5.98. The van der Waals surface area contributed by atoms with Crippen LogP contribution in [0.5, 0.6) is 0 Å². The standard InChI is InChI=1S/C9H16O2.C8H8O3/c1-3-5-8(10)7-9(11)6-4-2;9-4-3-7(10)6-8-2-1-5-11-8/h3-7H2,1-2H3;1-2,4-5H,3,6H2. The van der Waals surface area contributed by atoms with Crippen LogP contribution in [-0.4, -0.2) is 23.6 Å². The van der Waals surface area contributed by atoms with Gasteiger partial charge in [0.2, 0.25) is 0 Å². The molecule has 1 aromatic rings. The summed E-state index contributed by atoms with van der Waals surface area (Å²) in [5.41, 5.74) is 0. The predicted octanol–water partition coefficient (Wildman–Crippen LogP) is 3.10. The van der Waals surface area contributed by atoms with Crippen molar-refractivity contribution >= 4 is 23.6 Å². The second-order valence-electron chi connectivity index (χ2n) is 4.92. The lowest BCUT2D eigenvalue weighted by atomic mass is 10.1. The zero-order chi connectivity index (χ0) is 16.8. The first kappa shape index (κ1) is 20.0. The van der Waals surface area contributed by atoms with Crippen LogP contribution < -0.4 is 0 Å². The van der Waals surface area contributed by atoms with Gasteiger partial charge in [-0.05, 0) is 25.0 Å². The third-order valence-electron chi connectivity index (χ3n) is 2.71. The van der Waals surface area contributed by atoms with E-state index in [2.05, 4.69) is 0 Å². The van der Waals surface area contributed by atoms with Crippen LogP contribution in [0.15, 0.2) is 22.8 Å². The molecule has 0 spiro atoms. The number of furan rings is 1. The molecule has 0 amide bonds. The minimum atomic E-state index is -0.116. The molecule has 1 rings (SSSR count). The number of aldehydes is 1. The summed E-state index contributed by atoms with van der Waals surface area (Å²) in [5.74, 6) is 0.670. The van der Waals surface area contributed by atoms with Gasteiger partial charge >= 0.3 is 0 Å². The van der Waals surface area contributed by atoms with Gasteiger partial charge in [-0.15, -0.1) is 0 Å². The Labute approximate surface area is 131 Å². The zero-order valence-electron chi connectivity index (χ0n) is 13.3. The average molecular weight is 308 g/mol. The summed E-state index contributed by atoms with van der Waals surface area (Å²) in [7, 11) is 0. The molecule has 0 aliphatic rings. The Balaban J connectivity index is 0.000000401. The Bertz CT molecular complexity index is 443. The number of Topliss-reactive ketones (excluding diaryl/α,β-unsaturated/α-hetero) is 3. The smallest absolute Gasteiger partial charge is 0.147 e. The van der Waals surface area contributed by atoms with Gasteiger partial charge in [0.1, 0.15) is 29.4 Å². The molecule has 0 radical (unpaired) electrons. The van der Waals surface area contributed by atoms with Crippen molar-refractivity contribution in [3.63, 3.8) is 0 Å². The first-order valence-corrected chi connectivity index (χ1v) is 7.54. The monoisotopic (exact) mass is 308 g/mol. The molecule has 5 heteroatoms. The Kier molecular flexibility index (Phi) is 11.5. The Morgan fingerprint density at radius 2 is 1.64 bits per heavy atom. The molecular formula is C17H24O5. The molecule has 0 bridgehead atoms. The molecule has 0 saturated heterocycles. The fourth-order valence-corrected chi connectivity index (χ4v) is 1.73. The molecule has 0 unspecified atom stereocenters. The van der Waals surface area contributed by atoms with Crippen molar-refractivity contribution in [1.82, 2.24) is 0 Å². The molecule has 0 saturated carbocycles. The molecule has 1 heterocycles. The summed E-state index contributed by atoms with van der Waals surface area (Å²) in [4.78, 5) is 42.5. The molecule has 0 aromatic carbocycles. The normalized spacial score (nSPS) is 9.55. The van der Waals surface area contributed by atoms with Crippen molar-refractivity contribution in [2.24, 2.45) is 0 Å². The Morgan fingerprint density at radius 3 is 2.05 bits per heavy atom. The van der Waals surface area contributed by atoms with E-state index in [1.54, 1.807) is 12.1 Å². The lowest BCUT2D eigenvalue weighted by Gasteiger charge is -1.96. The van der Waals surface area contributed by atoms with Gasteiger partial charge in [-0.3, -0.25) is 14.4 Å². The summed E-state index contributed by atoms with van der Waals surface area (Å²) in [5, 5.41) is 0. The fraction of sp³-hybridized carbons (Fsp3) is 0.529.